The van der Waals surface area contributed by atoms with E-state index in [4.69, 9.17) is 0 Å². The first-order chi connectivity index (χ1) is 6.29. The summed E-state index contributed by atoms with van der Waals surface area (Å²) in [6.45, 7) is 0. The molecule has 0 radical (unpaired) electrons. The van der Waals surface area contributed by atoms with Crippen molar-refractivity contribution in [2.75, 3.05) is 14.1 Å². The quantitative estimate of drug-likeness (QED) is 0.723. The number of hydrogen-bond donors (Lipinski definition) is 0. The lowest BCUT2D eigenvalue weighted by atomic mass is 10.1. The minimum atomic E-state index is -0.127. The summed E-state index contributed by atoms with van der Waals surface area (Å²) in [5, 5.41) is 0. The predicted molar refractivity (Wildman–Crippen MR) is 64.2 cm³/mol. The highest BCUT2D eigenvalue weighted by molar-refractivity contribution is 14.2. The second kappa shape index (κ2) is 3.57. The molecule has 0 saturated heterocycles. The van der Waals surface area contributed by atoms with E-state index in [9.17, 15) is 0 Å². The highest BCUT2D eigenvalue weighted by Crippen LogP contribution is 2.36. The highest BCUT2D eigenvalue weighted by Gasteiger charge is 2.10. The normalized spacial score (nSPS) is 14.2. The van der Waals surface area contributed by atoms with E-state index in [-0.39, 0.29) is 21.0 Å². The fourth-order valence-corrected chi connectivity index (χ4v) is 3.30. The molecule has 0 spiro atoms. The van der Waals surface area contributed by atoms with E-state index in [1.54, 1.807) is 0 Å². The average molecular weight is 286 g/mol. The van der Waals surface area contributed by atoms with Gasteiger partial charge in [0.1, 0.15) is 0 Å². The Morgan fingerprint density at radius 3 is 2.77 bits per heavy atom. The lowest BCUT2D eigenvalue weighted by Gasteiger charge is -2.19. The molecule has 1 aromatic carbocycles. The van der Waals surface area contributed by atoms with Crippen LogP contribution in [-0.4, -0.2) is 19.0 Å². The van der Waals surface area contributed by atoms with E-state index in [0.717, 1.165) is 5.69 Å². The molecule has 0 saturated carbocycles. The summed E-state index contributed by atoms with van der Waals surface area (Å²) in [7, 11) is 4.16. The molecular formula is C10H11IN2. The van der Waals surface area contributed by atoms with Crippen molar-refractivity contribution >= 4 is 32.4 Å². The molecule has 1 aliphatic rings. The predicted octanol–water partition coefficient (Wildman–Crippen LogP) is 3.35. The molecule has 0 N–H and O–H groups in total. The zero-order valence-corrected chi connectivity index (χ0v) is 9.82. The molecule has 2 rings (SSSR count). The van der Waals surface area contributed by atoms with Crippen molar-refractivity contribution in [3.8, 4) is 0 Å². The number of benzene rings is 1. The Bertz CT molecular complexity index is 380. The van der Waals surface area contributed by atoms with Gasteiger partial charge >= 0.3 is 0 Å². The average Bonchev–Trinajstić information content (AvgIpc) is 2.17. The zero-order valence-electron chi connectivity index (χ0n) is 7.66. The van der Waals surface area contributed by atoms with Crippen LogP contribution in [0.15, 0.2) is 31.5 Å². The van der Waals surface area contributed by atoms with Crippen molar-refractivity contribution in [2.24, 2.45) is 3.15 Å². The number of hydrogen-bond acceptors (Lipinski definition) is 2. The van der Waals surface area contributed by atoms with Gasteiger partial charge in [-0.2, -0.15) is 0 Å². The molecule has 0 aromatic heterocycles. The number of rotatable bonds is 1. The highest BCUT2D eigenvalue weighted by atomic mass is 127. The maximum atomic E-state index is 4.53. The molecule has 1 heterocycles. The molecule has 1 aromatic rings. The van der Waals surface area contributed by atoms with Crippen molar-refractivity contribution in [3.63, 3.8) is 0 Å². The van der Waals surface area contributed by atoms with Gasteiger partial charge in [0.2, 0.25) is 0 Å². The van der Waals surface area contributed by atoms with E-state index in [1.165, 1.54) is 11.3 Å². The lowest BCUT2D eigenvalue weighted by Crippen LogP contribution is -2.09. The van der Waals surface area contributed by atoms with Crippen LogP contribution in [0.25, 0.3) is 5.70 Å². The van der Waals surface area contributed by atoms with Gasteiger partial charge in [0.15, 0.2) is 0 Å². The van der Waals surface area contributed by atoms with Gasteiger partial charge in [-0.25, -0.2) is 3.15 Å². The molecule has 2 nitrogen and oxygen atoms in total. The van der Waals surface area contributed by atoms with E-state index >= 15 is 0 Å². The van der Waals surface area contributed by atoms with Gasteiger partial charge in [-0.05, 0) is 6.07 Å². The SMILES string of the molecule is CN(C)C1=CI=Nc2ccccc21. The third-order valence-corrected chi connectivity index (χ3v) is 3.62. The first-order valence-corrected chi connectivity index (χ1v) is 6.31. The van der Waals surface area contributed by atoms with E-state index in [1.807, 2.05) is 6.07 Å². The van der Waals surface area contributed by atoms with Crippen LogP contribution in [0, 0.1) is 0 Å². The van der Waals surface area contributed by atoms with Crippen LogP contribution < -0.4 is 0 Å². The molecule has 68 valence electrons. The van der Waals surface area contributed by atoms with Gasteiger partial charge in [-0.1, -0.05) is 18.2 Å². The van der Waals surface area contributed by atoms with Crippen LogP contribution in [0.2, 0.25) is 0 Å². The van der Waals surface area contributed by atoms with Crippen LogP contribution >= 0.6 is 21.0 Å². The molecule has 1 aliphatic heterocycles. The third kappa shape index (κ3) is 1.65. The molecule has 0 atom stereocenters. The first-order valence-electron chi connectivity index (χ1n) is 4.09. The minimum Gasteiger partial charge on any atom is -0.377 e. The fraction of sp³-hybridized carbons (Fsp3) is 0.200. The summed E-state index contributed by atoms with van der Waals surface area (Å²) in [6.07, 6.45) is 0. The van der Waals surface area contributed by atoms with Gasteiger partial charge in [0.05, 0.1) is 11.4 Å². The molecule has 0 unspecified atom stereocenters. The maximum Gasteiger partial charge on any atom is 0.0784 e. The zero-order chi connectivity index (χ0) is 9.26. The Labute approximate surface area is 88.4 Å². The van der Waals surface area contributed by atoms with Gasteiger partial charge < -0.3 is 4.90 Å². The van der Waals surface area contributed by atoms with E-state index in [0.29, 0.717) is 0 Å². The summed E-state index contributed by atoms with van der Waals surface area (Å²) in [6, 6.07) is 8.33. The van der Waals surface area contributed by atoms with Gasteiger partial charge in [-0.15, -0.1) is 0 Å². The van der Waals surface area contributed by atoms with Crippen molar-refractivity contribution in [3.05, 3.63) is 33.9 Å². The Balaban J connectivity index is 2.55. The van der Waals surface area contributed by atoms with Crippen molar-refractivity contribution < 1.29 is 0 Å². The monoisotopic (exact) mass is 286 g/mol. The molecule has 3 heteroatoms. The Hall–Kier alpha value is -0.710. The molecule has 0 amide bonds. The second-order valence-electron chi connectivity index (χ2n) is 3.09. The Kier molecular flexibility index (Phi) is 2.44. The van der Waals surface area contributed by atoms with Crippen LogP contribution in [0.3, 0.4) is 0 Å². The lowest BCUT2D eigenvalue weighted by molar-refractivity contribution is 0.593. The minimum absolute atomic E-state index is 0.127. The summed E-state index contributed by atoms with van der Waals surface area (Å²) >= 11 is -0.127. The van der Waals surface area contributed by atoms with E-state index < -0.39 is 0 Å². The van der Waals surface area contributed by atoms with Gasteiger partial charge in [0.25, 0.3) is 0 Å². The van der Waals surface area contributed by atoms with Gasteiger partial charge in [0, 0.05) is 44.8 Å². The van der Waals surface area contributed by atoms with E-state index in [2.05, 4.69) is 44.4 Å². The fourth-order valence-electron chi connectivity index (χ4n) is 1.28. The third-order valence-electron chi connectivity index (χ3n) is 1.95. The second-order valence-corrected chi connectivity index (χ2v) is 4.75. The number of nitrogens with zero attached hydrogens (tertiary/aromatic N) is 2. The molecule has 0 bridgehead atoms. The Morgan fingerprint density at radius 1 is 1.23 bits per heavy atom. The summed E-state index contributed by atoms with van der Waals surface area (Å²) in [5.41, 5.74) is 3.73. The summed E-state index contributed by atoms with van der Waals surface area (Å²) in [4.78, 5) is 2.16. The van der Waals surface area contributed by atoms with Gasteiger partial charge in [-0.3, -0.25) is 0 Å². The summed E-state index contributed by atoms with van der Waals surface area (Å²) < 4.78 is 6.80. The smallest absolute Gasteiger partial charge is 0.0784 e. The molecule has 0 fully saturated rings. The van der Waals surface area contributed by atoms with Crippen molar-refractivity contribution in [1.29, 1.82) is 0 Å². The van der Waals surface area contributed by atoms with Crippen LogP contribution in [0.5, 0.6) is 0 Å². The maximum absolute atomic E-state index is 4.53. The first kappa shape index (κ1) is 8.87. The molecule has 13 heavy (non-hydrogen) atoms. The standard InChI is InChI=1S/C10H11IN2/c1-13(2)10-7-11-12-9-6-4-3-5-8(9)10/h3-7H,1-2H3. The summed E-state index contributed by atoms with van der Waals surface area (Å²) in [5.74, 6) is 0. The van der Waals surface area contributed by atoms with Crippen LogP contribution in [0.1, 0.15) is 5.56 Å². The van der Waals surface area contributed by atoms with Crippen molar-refractivity contribution in [1.82, 2.24) is 4.90 Å². The van der Waals surface area contributed by atoms with Crippen LogP contribution in [0.4, 0.5) is 5.69 Å². The van der Waals surface area contributed by atoms with Crippen molar-refractivity contribution in [2.45, 2.75) is 0 Å². The molecule has 0 aliphatic carbocycles. The largest absolute Gasteiger partial charge is 0.377 e. The van der Waals surface area contributed by atoms with Crippen LogP contribution in [-0.2, 0) is 0 Å². The Morgan fingerprint density at radius 2 is 2.00 bits per heavy atom. The number of fused-ring (bicyclic) bond motifs is 1. The number of halogens is 1. The molecular weight excluding hydrogens is 275 g/mol. The topological polar surface area (TPSA) is 15.6 Å².